The maximum Gasteiger partial charge on any atom is 0.0491 e. The molecule has 6 aromatic rings. The first-order valence-corrected chi connectivity index (χ1v) is 13.0. The van der Waals surface area contributed by atoms with Crippen LogP contribution < -0.4 is 10.6 Å². The van der Waals surface area contributed by atoms with Gasteiger partial charge in [-0.3, -0.25) is 0 Å². The molecule has 2 N–H and O–H groups in total. The first kappa shape index (κ1) is 24.1. The van der Waals surface area contributed by atoms with E-state index in [9.17, 15) is 0 Å². The number of fused-ring (bicyclic) bond motifs is 6. The SMILES string of the molecule is CCn1c2ccccc2c2cc(CNC)ccc21.CCn1c2ccccc2c2cc(CNC)ccc21. The number of rotatable bonds is 6. The Hall–Kier alpha value is -3.60. The zero-order valence-electron chi connectivity index (χ0n) is 21.8. The van der Waals surface area contributed by atoms with Crippen LogP contribution in [0.3, 0.4) is 0 Å². The molecule has 0 fully saturated rings. The molecular formula is C32H36N4. The molecule has 36 heavy (non-hydrogen) atoms. The van der Waals surface area contributed by atoms with Crippen molar-refractivity contribution < 1.29 is 0 Å². The van der Waals surface area contributed by atoms with Crippen LogP contribution in [0.15, 0.2) is 84.9 Å². The Labute approximate surface area is 213 Å². The Morgan fingerprint density at radius 1 is 0.500 bits per heavy atom. The minimum Gasteiger partial charge on any atom is -0.341 e. The quantitative estimate of drug-likeness (QED) is 0.270. The summed E-state index contributed by atoms with van der Waals surface area (Å²) in [6.07, 6.45) is 0. The number of hydrogen-bond acceptors (Lipinski definition) is 2. The third-order valence-electron chi connectivity index (χ3n) is 7.07. The summed E-state index contributed by atoms with van der Waals surface area (Å²) in [6.45, 7) is 8.26. The normalized spacial score (nSPS) is 11.4. The first-order chi connectivity index (χ1) is 17.7. The van der Waals surface area contributed by atoms with E-state index in [2.05, 4.69) is 119 Å². The lowest BCUT2D eigenvalue weighted by Crippen LogP contribution is -2.04. The Morgan fingerprint density at radius 3 is 1.28 bits per heavy atom. The van der Waals surface area contributed by atoms with Crippen LogP contribution in [0.5, 0.6) is 0 Å². The summed E-state index contributed by atoms with van der Waals surface area (Å²) < 4.78 is 4.77. The molecule has 0 radical (unpaired) electrons. The summed E-state index contributed by atoms with van der Waals surface area (Å²) in [5.74, 6) is 0. The number of para-hydroxylation sites is 2. The first-order valence-electron chi connectivity index (χ1n) is 13.0. The molecule has 0 amide bonds. The fourth-order valence-electron chi connectivity index (χ4n) is 5.51. The fourth-order valence-corrected chi connectivity index (χ4v) is 5.51. The maximum atomic E-state index is 3.21. The lowest BCUT2D eigenvalue weighted by molar-refractivity contribution is 0.815. The molecular weight excluding hydrogens is 440 g/mol. The van der Waals surface area contributed by atoms with Crippen molar-refractivity contribution >= 4 is 43.6 Å². The minimum atomic E-state index is 0.918. The highest BCUT2D eigenvalue weighted by Gasteiger charge is 2.10. The highest BCUT2D eigenvalue weighted by Crippen LogP contribution is 2.30. The van der Waals surface area contributed by atoms with Gasteiger partial charge >= 0.3 is 0 Å². The van der Waals surface area contributed by atoms with E-state index in [4.69, 9.17) is 0 Å². The second kappa shape index (κ2) is 10.6. The molecule has 0 aliphatic heterocycles. The molecule has 0 bridgehead atoms. The van der Waals surface area contributed by atoms with Crippen molar-refractivity contribution in [3.8, 4) is 0 Å². The molecule has 0 saturated heterocycles. The third-order valence-corrected chi connectivity index (χ3v) is 7.07. The average Bonchev–Trinajstić information content (AvgIpc) is 3.41. The Balaban J connectivity index is 0.000000148. The number of benzene rings is 4. The van der Waals surface area contributed by atoms with Crippen LogP contribution in [0.2, 0.25) is 0 Å². The van der Waals surface area contributed by atoms with E-state index in [0.29, 0.717) is 0 Å². The third kappa shape index (κ3) is 4.27. The number of hydrogen-bond donors (Lipinski definition) is 2. The molecule has 0 saturated carbocycles. The molecule has 0 atom stereocenters. The van der Waals surface area contributed by atoms with Crippen molar-refractivity contribution in [2.75, 3.05) is 14.1 Å². The standard InChI is InChI=1S/2C16H18N2/c2*1-3-18-15-7-5-4-6-13(15)14-10-12(11-17-2)8-9-16(14)18/h2*4-10,17H,3,11H2,1-2H3. The largest absolute Gasteiger partial charge is 0.341 e. The molecule has 0 spiro atoms. The second-order valence-corrected chi connectivity index (χ2v) is 9.29. The Morgan fingerprint density at radius 2 is 0.889 bits per heavy atom. The van der Waals surface area contributed by atoms with Gasteiger partial charge in [-0.25, -0.2) is 0 Å². The van der Waals surface area contributed by atoms with Gasteiger partial charge in [-0.2, -0.15) is 0 Å². The van der Waals surface area contributed by atoms with Crippen molar-refractivity contribution in [1.82, 2.24) is 19.8 Å². The van der Waals surface area contributed by atoms with E-state index in [1.54, 1.807) is 0 Å². The van der Waals surface area contributed by atoms with Gasteiger partial charge in [0.2, 0.25) is 0 Å². The predicted octanol–water partition coefficient (Wildman–Crippen LogP) is 7.07. The van der Waals surface area contributed by atoms with Crippen molar-refractivity contribution in [3.63, 3.8) is 0 Å². The lowest BCUT2D eigenvalue weighted by Gasteiger charge is -2.04. The van der Waals surface area contributed by atoms with Crippen LogP contribution in [0.1, 0.15) is 25.0 Å². The molecule has 2 aromatic heterocycles. The molecule has 0 aliphatic carbocycles. The Bertz CT molecular complexity index is 1510. The van der Waals surface area contributed by atoms with Gasteiger partial charge in [0.15, 0.2) is 0 Å². The van der Waals surface area contributed by atoms with E-state index in [-0.39, 0.29) is 0 Å². The van der Waals surface area contributed by atoms with Crippen LogP contribution >= 0.6 is 0 Å². The van der Waals surface area contributed by atoms with E-state index >= 15 is 0 Å². The number of nitrogens with one attached hydrogen (secondary N) is 2. The Kier molecular flexibility index (Phi) is 7.08. The second-order valence-electron chi connectivity index (χ2n) is 9.29. The van der Waals surface area contributed by atoms with Crippen molar-refractivity contribution in [1.29, 1.82) is 0 Å². The van der Waals surface area contributed by atoms with Crippen LogP contribution in [0.4, 0.5) is 0 Å². The summed E-state index contributed by atoms with van der Waals surface area (Å²) in [7, 11) is 3.97. The monoisotopic (exact) mass is 476 g/mol. The molecule has 4 nitrogen and oxygen atoms in total. The summed E-state index contributed by atoms with van der Waals surface area (Å²) in [6, 6.07) is 30.8. The zero-order chi connectivity index (χ0) is 25.1. The van der Waals surface area contributed by atoms with Crippen molar-refractivity contribution in [2.45, 2.75) is 40.0 Å². The van der Waals surface area contributed by atoms with Gasteiger partial charge in [-0.05, 0) is 75.5 Å². The summed E-state index contributed by atoms with van der Waals surface area (Å²) in [4.78, 5) is 0. The highest BCUT2D eigenvalue weighted by atomic mass is 15.0. The van der Waals surface area contributed by atoms with Crippen molar-refractivity contribution in [2.24, 2.45) is 0 Å². The van der Waals surface area contributed by atoms with Crippen LogP contribution in [-0.2, 0) is 26.2 Å². The van der Waals surface area contributed by atoms with E-state index in [1.807, 2.05) is 14.1 Å². The highest BCUT2D eigenvalue weighted by molar-refractivity contribution is 6.09. The molecule has 2 heterocycles. The van der Waals surface area contributed by atoms with Crippen molar-refractivity contribution in [3.05, 3.63) is 96.1 Å². The number of nitrogens with zero attached hydrogens (tertiary/aromatic N) is 2. The van der Waals surface area contributed by atoms with Gasteiger partial charge in [0.05, 0.1) is 0 Å². The summed E-state index contributed by atoms with van der Waals surface area (Å²) in [5, 5.41) is 11.9. The van der Waals surface area contributed by atoms with Crippen LogP contribution in [0, 0.1) is 0 Å². The van der Waals surface area contributed by atoms with Crippen LogP contribution in [0.25, 0.3) is 43.6 Å². The topological polar surface area (TPSA) is 33.9 Å². The smallest absolute Gasteiger partial charge is 0.0491 e. The van der Waals surface area contributed by atoms with Gasteiger partial charge in [-0.15, -0.1) is 0 Å². The molecule has 6 rings (SSSR count). The van der Waals surface area contributed by atoms with Gasteiger partial charge in [0.25, 0.3) is 0 Å². The fraction of sp³-hybridized carbons (Fsp3) is 0.250. The zero-order valence-corrected chi connectivity index (χ0v) is 21.8. The van der Waals surface area contributed by atoms with Gasteiger partial charge < -0.3 is 19.8 Å². The maximum absolute atomic E-state index is 3.21. The van der Waals surface area contributed by atoms with E-state index in [1.165, 1.54) is 54.7 Å². The molecule has 184 valence electrons. The predicted molar refractivity (Wildman–Crippen MR) is 156 cm³/mol. The lowest BCUT2D eigenvalue weighted by atomic mass is 10.1. The molecule has 4 heteroatoms. The van der Waals surface area contributed by atoms with Gasteiger partial charge in [0, 0.05) is 69.8 Å². The molecule has 0 unspecified atom stereocenters. The number of aryl methyl sites for hydroxylation is 2. The van der Waals surface area contributed by atoms with E-state index in [0.717, 1.165) is 26.2 Å². The van der Waals surface area contributed by atoms with Gasteiger partial charge in [0.1, 0.15) is 0 Å². The van der Waals surface area contributed by atoms with Gasteiger partial charge in [-0.1, -0.05) is 48.5 Å². The minimum absolute atomic E-state index is 0.918. The summed E-state index contributed by atoms with van der Waals surface area (Å²) >= 11 is 0. The molecule has 0 aliphatic rings. The molecule has 4 aromatic carbocycles. The van der Waals surface area contributed by atoms with Crippen LogP contribution in [-0.4, -0.2) is 23.2 Å². The van der Waals surface area contributed by atoms with E-state index < -0.39 is 0 Å². The number of aromatic nitrogens is 2. The summed E-state index contributed by atoms with van der Waals surface area (Å²) in [5.41, 5.74) is 8.00. The average molecular weight is 477 g/mol.